The first-order valence-corrected chi connectivity index (χ1v) is 4.29. The average Bonchev–Trinajstić information content (AvgIpc) is 2.17. The van der Waals surface area contributed by atoms with Gasteiger partial charge in [0.1, 0.15) is 6.04 Å². The van der Waals surface area contributed by atoms with Gasteiger partial charge in [-0.05, 0) is 12.5 Å². The van der Waals surface area contributed by atoms with Crippen LogP contribution in [0.25, 0.3) is 0 Å². The summed E-state index contributed by atoms with van der Waals surface area (Å²) in [5, 5.41) is 8.30. The molecule has 90 valence electrons. The van der Waals surface area contributed by atoms with Crippen LogP contribution in [0.4, 0.5) is 8.78 Å². The van der Waals surface area contributed by atoms with Crippen LogP contribution < -0.4 is 5.73 Å². The Morgan fingerprint density at radius 2 is 1.81 bits per heavy atom. The minimum atomic E-state index is -3.95. The molecular weight excluding hydrogens is 240 g/mol. The first-order chi connectivity index (χ1) is 6.85. The molecule has 0 aliphatic rings. The maximum Gasteiger partial charge on any atom is 0.376 e. The van der Waals surface area contributed by atoms with Crippen LogP contribution in [-0.2, 0) is 4.79 Å². The summed E-state index contributed by atoms with van der Waals surface area (Å²) in [5.74, 6) is -6.16. The van der Waals surface area contributed by atoms with Gasteiger partial charge in [0.2, 0.25) is 0 Å². The van der Waals surface area contributed by atoms with Gasteiger partial charge in [-0.25, -0.2) is 4.79 Å². The largest absolute Gasteiger partial charge is 0.477 e. The topological polar surface area (TPSA) is 63.3 Å². The third-order valence-electron chi connectivity index (χ3n) is 2.11. The minimum Gasteiger partial charge on any atom is -0.477 e. The molecule has 0 bridgehead atoms. The van der Waals surface area contributed by atoms with Gasteiger partial charge in [-0.15, -0.1) is 12.4 Å². The molecule has 0 aliphatic heterocycles. The number of benzene rings is 1. The number of hydrogen-bond acceptors (Lipinski definition) is 2. The molecule has 0 saturated heterocycles. The molecule has 0 fully saturated rings. The highest BCUT2D eigenvalue weighted by molar-refractivity contribution is 5.85. The second kappa shape index (κ2) is 5.23. The van der Waals surface area contributed by atoms with Gasteiger partial charge in [0.05, 0.1) is 0 Å². The van der Waals surface area contributed by atoms with E-state index in [9.17, 15) is 13.6 Å². The van der Waals surface area contributed by atoms with E-state index in [-0.39, 0.29) is 18.0 Å². The maximum atomic E-state index is 13.0. The van der Waals surface area contributed by atoms with Crippen LogP contribution in [0.3, 0.4) is 0 Å². The number of carboxylic acid groups (broad SMARTS) is 1. The first kappa shape index (κ1) is 14.8. The number of aryl methyl sites for hydroxylation is 1. The van der Waals surface area contributed by atoms with E-state index in [1.54, 1.807) is 19.1 Å². The molecule has 1 aromatic rings. The average molecular weight is 252 g/mol. The van der Waals surface area contributed by atoms with Crippen molar-refractivity contribution in [3.8, 4) is 0 Å². The number of alkyl halides is 2. The lowest BCUT2D eigenvalue weighted by Gasteiger charge is -2.19. The van der Waals surface area contributed by atoms with Crippen molar-refractivity contribution in [2.24, 2.45) is 5.73 Å². The number of nitrogens with two attached hydrogens (primary N) is 1. The number of aliphatic carboxylic acids is 1. The molecule has 0 radical (unpaired) electrons. The molecule has 0 amide bonds. The molecule has 1 rings (SSSR count). The summed E-state index contributed by atoms with van der Waals surface area (Å²) in [6.45, 7) is 1.80. The molecule has 3 N–H and O–H groups in total. The van der Waals surface area contributed by atoms with Crippen molar-refractivity contribution in [2.45, 2.75) is 18.9 Å². The lowest BCUT2D eigenvalue weighted by atomic mass is 10.0. The van der Waals surface area contributed by atoms with E-state index in [4.69, 9.17) is 10.8 Å². The zero-order valence-corrected chi connectivity index (χ0v) is 9.30. The Morgan fingerprint density at radius 3 is 2.19 bits per heavy atom. The fourth-order valence-electron chi connectivity index (χ4n) is 1.12. The van der Waals surface area contributed by atoms with Crippen molar-refractivity contribution in [3.63, 3.8) is 0 Å². The predicted octanol–water partition coefficient (Wildman–Crippen LogP) is 2.14. The van der Waals surface area contributed by atoms with Crippen molar-refractivity contribution in [2.75, 3.05) is 0 Å². The molecule has 0 spiro atoms. The number of halogens is 3. The summed E-state index contributed by atoms with van der Waals surface area (Å²) in [5.41, 5.74) is 6.19. The van der Waals surface area contributed by atoms with Gasteiger partial charge in [0.15, 0.2) is 0 Å². The molecule has 0 heterocycles. The third kappa shape index (κ3) is 2.90. The van der Waals surface area contributed by atoms with Crippen molar-refractivity contribution in [3.05, 3.63) is 35.4 Å². The van der Waals surface area contributed by atoms with Crippen molar-refractivity contribution < 1.29 is 18.7 Å². The predicted molar refractivity (Wildman–Crippen MR) is 57.9 cm³/mol. The molecule has 0 saturated carbocycles. The number of rotatable bonds is 3. The van der Waals surface area contributed by atoms with Crippen LogP contribution in [0.2, 0.25) is 0 Å². The minimum absolute atomic E-state index is 0. The summed E-state index contributed by atoms with van der Waals surface area (Å²) < 4.78 is 26.0. The fourth-order valence-corrected chi connectivity index (χ4v) is 1.12. The van der Waals surface area contributed by atoms with Crippen molar-refractivity contribution >= 4 is 18.4 Å². The molecule has 3 nitrogen and oxygen atoms in total. The van der Waals surface area contributed by atoms with E-state index < -0.39 is 17.9 Å². The lowest BCUT2D eigenvalue weighted by molar-refractivity contribution is -0.168. The van der Waals surface area contributed by atoms with Gasteiger partial charge in [-0.1, -0.05) is 29.8 Å². The summed E-state index contributed by atoms with van der Waals surface area (Å²) in [4.78, 5) is 10.3. The van der Waals surface area contributed by atoms with Crippen LogP contribution in [0.5, 0.6) is 0 Å². The van der Waals surface area contributed by atoms with Crippen LogP contribution in [0.15, 0.2) is 24.3 Å². The standard InChI is InChI=1S/C10H11F2NO2.ClH/c1-6-2-4-7(5-3-6)8(13)10(11,12)9(14)15;/h2-5,8H,13H2,1H3,(H,14,15);1H/t8-;/m1./s1. The zero-order chi connectivity index (χ0) is 11.6. The molecule has 0 aromatic heterocycles. The summed E-state index contributed by atoms with van der Waals surface area (Å²) in [6.07, 6.45) is 0. The SMILES string of the molecule is Cc1ccc([C@@H](N)C(F)(F)C(=O)O)cc1.Cl. The maximum absolute atomic E-state index is 13.0. The quantitative estimate of drug-likeness (QED) is 0.865. The Labute approximate surface area is 97.7 Å². The van der Waals surface area contributed by atoms with Gasteiger partial charge in [-0.3, -0.25) is 0 Å². The molecule has 1 atom stereocenters. The van der Waals surface area contributed by atoms with Gasteiger partial charge in [0, 0.05) is 0 Å². The smallest absolute Gasteiger partial charge is 0.376 e. The van der Waals surface area contributed by atoms with E-state index in [2.05, 4.69) is 0 Å². The van der Waals surface area contributed by atoms with Crippen LogP contribution in [0.1, 0.15) is 17.2 Å². The Bertz CT molecular complexity index is 368. The van der Waals surface area contributed by atoms with Crippen molar-refractivity contribution in [1.29, 1.82) is 0 Å². The Morgan fingerprint density at radius 1 is 1.38 bits per heavy atom. The Kier molecular flexibility index (Phi) is 4.83. The highest BCUT2D eigenvalue weighted by atomic mass is 35.5. The van der Waals surface area contributed by atoms with Crippen LogP contribution >= 0.6 is 12.4 Å². The molecule has 0 aliphatic carbocycles. The Balaban J connectivity index is 0.00000225. The molecule has 0 unspecified atom stereocenters. The van der Waals surface area contributed by atoms with Gasteiger partial charge in [0.25, 0.3) is 0 Å². The monoisotopic (exact) mass is 251 g/mol. The summed E-state index contributed by atoms with van der Waals surface area (Å²) in [7, 11) is 0. The van der Waals surface area contributed by atoms with E-state index in [0.29, 0.717) is 0 Å². The van der Waals surface area contributed by atoms with Crippen LogP contribution in [-0.4, -0.2) is 17.0 Å². The van der Waals surface area contributed by atoms with Gasteiger partial charge >= 0.3 is 11.9 Å². The second-order valence-corrected chi connectivity index (χ2v) is 3.32. The molecule has 6 heteroatoms. The van der Waals surface area contributed by atoms with E-state index in [0.717, 1.165) is 5.56 Å². The number of carboxylic acids is 1. The van der Waals surface area contributed by atoms with E-state index >= 15 is 0 Å². The molecule has 1 aromatic carbocycles. The van der Waals surface area contributed by atoms with E-state index in [1.807, 2.05) is 0 Å². The Hall–Kier alpha value is -1.20. The lowest BCUT2D eigenvalue weighted by Crippen LogP contribution is -2.40. The van der Waals surface area contributed by atoms with Gasteiger partial charge < -0.3 is 10.8 Å². The van der Waals surface area contributed by atoms with E-state index in [1.165, 1.54) is 12.1 Å². The normalized spacial score (nSPS) is 12.8. The fraction of sp³-hybridized carbons (Fsp3) is 0.300. The van der Waals surface area contributed by atoms with Gasteiger partial charge in [-0.2, -0.15) is 8.78 Å². The van der Waals surface area contributed by atoms with Crippen LogP contribution in [0, 0.1) is 6.92 Å². The third-order valence-corrected chi connectivity index (χ3v) is 2.11. The summed E-state index contributed by atoms with van der Waals surface area (Å²) in [6, 6.07) is 4.18. The molecular formula is C10H12ClF2NO2. The number of hydrogen-bond donors (Lipinski definition) is 2. The molecule has 16 heavy (non-hydrogen) atoms. The second-order valence-electron chi connectivity index (χ2n) is 3.32. The highest BCUT2D eigenvalue weighted by Crippen LogP contribution is 2.29. The first-order valence-electron chi connectivity index (χ1n) is 4.29. The number of carbonyl (C=O) groups is 1. The van der Waals surface area contributed by atoms with Crippen molar-refractivity contribution in [1.82, 2.24) is 0 Å². The zero-order valence-electron chi connectivity index (χ0n) is 8.48. The highest BCUT2D eigenvalue weighted by Gasteiger charge is 2.46. The summed E-state index contributed by atoms with van der Waals surface area (Å²) >= 11 is 0.